The molecule has 1 saturated heterocycles. The van der Waals surface area contributed by atoms with Gasteiger partial charge in [0.1, 0.15) is 0 Å². The maximum absolute atomic E-state index is 12.4. The Morgan fingerprint density at radius 1 is 1.34 bits per heavy atom. The van der Waals surface area contributed by atoms with Crippen LogP contribution in [0.4, 0.5) is 0 Å². The van der Waals surface area contributed by atoms with E-state index in [1.165, 1.54) is 20.8 Å². The fraction of sp³-hybridized carbons (Fsp3) is 0.500. The van der Waals surface area contributed by atoms with E-state index in [9.17, 15) is 36.7 Å². The van der Waals surface area contributed by atoms with Crippen molar-refractivity contribution in [2.45, 2.75) is 38.8 Å². The molecule has 0 aliphatic carbocycles. The summed E-state index contributed by atoms with van der Waals surface area (Å²) in [5.74, 6) is -4.08. The number of aliphatic carboxylic acids is 1. The molecular weight excluding hydrogens is 450 g/mol. The largest absolute Gasteiger partial charge is 1.00 e. The van der Waals surface area contributed by atoms with Gasteiger partial charge in [-0.1, -0.05) is 0 Å². The van der Waals surface area contributed by atoms with E-state index in [4.69, 9.17) is 0 Å². The average Bonchev–Trinajstić information content (AvgIpc) is 2.78. The fourth-order valence-corrected chi connectivity index (χ4v) is 4.90. The van der Waals surface area contributed by atoms with E-state index in [2.05, 4.69) is 9.50 Å². The van der Waals surface area contributed by atoms with Crippen LogP contribution < -0.4 is 69.5 Å². The molecule has 1 N–H and O–H groups in total. The van der Waals surface area contributed by atoms with E-state index in [0.717, 1.165) is 16.5 Å². The first-order valence-corrected chi connectivity index (χ1v) is 10.1. The molecule has 2 amide bonds. The summed E-state index contributed by atoms with van der Waals surface area (Å²) in [6.07, 6.45) is 0.923. The molecule has 1 unspecified atom stereocenters. The van der Waals surface area contributed by atoms with Gasteiger partial charge in [-0.05, 0) is 13.8 Å². The third kappa shape index (κ3) is 6.45. The van der Waals surface area contributed by atoms with Crippen molar-refractivity contribution in [3.63, 3.8) is 0 Å². The summed E-state index contributed by atoms with van der Waals surface area (Å²) >= 11 is 0. The predicted molar refractivity (Wildman–Crippen MR) is 86.7 cm³/mol. The maximum atomic E-state index is 12.4. The number of carboxylic acids is 1. The van der Waals surface area contributed by atoms with Crippen LogP contribution in [0.25, 0.3) is 0 Å². The van der Waals surface area contributed by atoms with Gasteiger partial charge >= 0.3 is 59.1 Å². The standard InChI is InChI=1S/C14H18N2O9S2.2Na/c1-7(17)15-4-5-26(21)9-6-8-10(14(2,3)25-27(22,23)24)12(18)16(8)11(9)13(19)20;;/h4-5,8,10H,6H2,1-3H3,(H,15,17)(H,19,20)(H,22,23,24);;/q;2*+1/p-2/b5-4+;;/t8-,10+,26?;;/m1../s1. The Morgan fingerprint density at radius 2 is 1.90 bits per heavy atom. The molecule has 0 saturated carbocycles. The molecule has 0 spiro atoms. The Balaban J connectivity index is 0.00000392. The zero-order valence-corrected chi connectivity index (χ0v) is 22.1. The molecule has 0 aromatic heterocycles. The number of nitrogens with zero attached hydrogens (tertiary/aromatic N) is 1. The van der Waals surface area contributed by atoms with E-state index in [0.29, 0.717) is 0 Å². The second kappa shape index (κ2) is 10.5. The second-order valence-corrected chi connectivity index (χ2v) is 8.76. The Bertz CT molecular complexity index is 899. The van der Waals surface area contributed by atoms with Crippen LogP contribution in [0.2, 0.25) is 0 Å². The van der Waals surface area contributed by atoms with Crippen molar-refractivity contribution in [3.8, 4) is 0 Å². The molecule has 2 aliphatic rings. The van der Waals surface area contributed by atoms with Crippen LogP contribution >= 0.6 is 0 Å². The number of β-lactam (4-membered cyclic amide) rings is 1. The second-order valence-electron chi connectivity index (χ2n) is 6.41. The van der Waals surface area contributed by atoms with Crippen LogP contribution in [-0.4, -0.2) is 51.5 Å². The van der Waals surface area contributed by atoms with E-state index in [1.54, 1.807) is 0 Å². The number of hydrogen-bond donors (Lipinski definition) is 1. The van der Waals surface area contributed by atoms with Crippen LogP contribution in [0.3, 0.4) is 0 Å². The summed E-state index contributed by atoms with van der Waals surface area (Å²) in [6, 6.07) is -0.852. The average molecular weight is 466 g/mol. The Hall–Kier alpha value is -0.0900. The van der Waals surface area contributed by atoms with Gasteiger partial charge in [-0.25, -0.2) is 12.6 Å². The molecule has 2 rings (SSSR count). The summed E-state index contributed by atoms with van der Waals surface area (Å²) in [5.41, 5.74) is -2.30. The number of carbonyl (C=O) groups is 3. The number of carboxylic acid groups (broad SMARTS) is 1. The normalized spacial score (nSPS) is 22.3. The minimum absolute atomic E-state index is 0. The number of fused-ring (bicyclic) bond motifs is 1. The van der Waals surface area contributed by atoms with Crippen molar-refractivity contribution in [2.75, 3.05) is 0 Å². The number of nitrogens with one attached hydrogen (secondary N) is 1. The summed E-state index contributed by atoms with van der Waals surface area (Å²) in [6.45, 7) is 3.65. The van der Waals surface area contributed by atoms with Crippen LogP contribution in [0.15, 0.2) is 22.2 Å². The number of carbonyl (C=O) groups excluding carboxylic acids is 3. The van der Waals surface area contributed by atoms with Crippen molar-refractivity contribution in [2.24, 2.45) is 5.92 Å². The first kappa shape index (κ1) is 28.9. The van der Waals surface area contributed by atoms with Crippen molar-refractivity contribution in [1.29, 1.82) is 0 Å². The third-order valence-corrected chi connectivity index (χ3v) is 5.96. The molecule has 15 heteroatoms. The van der Waals surface area contributed by atoms with Gasteiger partial charge in [0.25, 0.3) is 0 Å². The SMILES string of the molecule is CC(=O)N/C=C/S(=O)C1=C(C(=O)[O-])N2C(=O)[C@@H](C(C)(C)OS(=O)(=O)[O-])[C@H]2C1.[Na+].[Na+]. The van der Waals surface area contributed by atoms with Crippen molar-refractivity contribution in [1.82, 2.24) is 10.2 Å². The molecule has 0 aromatic rings. The minimum atomic E-state index is -5.11. The van der Waals surface area contributed by atoms with Crippen molar-refractivity contribution < 1.29 is 100.0 Å². The predicted octanol–water partition coefficient (Wildman–Crippen LogP) is -8.20. The molecule has 0 bridgehead atoms. The third-order valence-electron chi connectivity index (χ3n) is 4.10. The zero-order chi connectivity index (χ0) is 20.7. The quantitative estimate of drug-likeness (QED) is 0.165. The molecule has 1 fully saturated rings. The molecule has 11 nitrogen and oxygen atoms in total. The van der Waals surface area contributed by atoms with Gasteiger partial charge in [0.15, 0.2) is 0 Å². The van der Waals surface area contributed by atoms with Gasteiger partial charge < -0.3 is 24.7 Å². The van der Waals surface area contributed by atoms with Crippen LogP contribution in [0.1, 0.15) is 27.2 Å². The van der Waals surface area contributed by atoms with Crippen molar-refractivity contribution in [3.05, 3.63) is 22.2 Å². The number of amides is 2. The first-order chi connectivity index (χ1) is 12.3. The molecular formula is C14H16N2Na2O9S2. The Labute approximate surface area is 214 Å². The minimum Gasteiger partial charge on any atom is -0.726 e. The van der Waals surface area contributed by atoms with Gasteiger partial charge in [-0.3, -0.25) is 13.8 Å². The van der Waals surface area contributed by atoms with Gasteiger partial charge in [0, 0.05) is 29.9 Å². The molecule has 0 radical (unpaired) electrons. The Morgan fingerprint density at radius 3 is 2.34 bits per heavy atom. The molecule has 150 valence electrons. The van der Waals surface area contributed by atoms with Crippen LogP contribution in [-0.2, 0) is 39.8 Å². The fourth-order valence-electron chi connectivity index (χ4n) is 3.21. The van der Waals surface area contributed by atoms with Gasteiger partial charge in [-0.15, -0.1) is 0 Å². The van der Waals surface area contributed by atoms with Crippen LogP contribution in [0, 0.1) is 5.92 Å². The van der Waals surface area contributed by atoms with Crippen molar-refractivity contribution >= 4 is 39.0 Å². The molecule has 2 aliphatic heterocycles. The zero-order valence-electron chi connectivity index (χ0n) is 16.5. The monoisotopic (exact) mass is 466 g/mol. The topological polar surface area (TPSA) is 173 Å². The van der Waals surface area contributed by atoms with Gasteiger partial charge in [-0.2, -0.15) is 0 Å². The summed E-state index contributed by atoms with van der Waals surface area (Å²) in [7, 11) is -7.10. The number of hydrogen-bond acceptors (Lipinski definition) is 9. The number of rotatable bonds is 7. The van der Waals surface area contributed by atoms with Gasteiger partial charge in [0.2, 0.25) is 22.2 Å². The van der Waals surface area contributed by atoms with Gasteiger partial charge in [0.05, 0.1) is 40.0 Å². The van der Waals surface area contributed by atoms with E-state index >= 15 is 0 Å². The van der Waals surface area contributed by atoms with E-state index < -0.39 is 62.2 Å². The molecule has 3 atom stereocenters. The summed E-state index contributed by atoms with van der Waals surface area (Å²) in [4.78, 5) is 35.4. The molecule has 2 heterocycles. The van der Waals surface area contributed by atoms with Crippen LogP contribution in [0.5, 0.6) is 0 Å². The first-order valence-electron chi connectivity index (χ1n) is 7.54. The smallest absolute Gasteiger partial charge is 0.726 e. The summed E-state index contributed by atoms with van der Waals surface area (Å²) < 4.78 is 49.5. The molecule has 29 heavy (non-hydrogen) atoms. The Kier molecular flexibility index (Phi) is 10.4. The maximum Gasteiger partial charge on any atom is 1.00 e. The van der Waals surface area contributed by atoms with E-state index in [-0.39, 0.29) is 70.4 Å². The summed E-state index contributed by atoms with van der Waals surface area (Å²) in [5, 5.41) is 14.7. The van der Waals surface area contributed by atoms with E-state index in [1.807, 2.05) is 0 Å². The molecule has 0 aromatic carbocycles.